The number of hydrogen-bond acceptors (Lipinski definition) is 3. The van der Waals surface area contributed by atoms with Gasteiger partial charge in [0.15, 0.2) is 11.6 Å². The van der Waals surface area contributed by atoms with Crippen LogP contribution in [0, 0.1) is 0 Å². The van der Waals surface area contributed by atoms with Crippen LogP contribution >= 0.6 is 0 Å². The first-order valence-electron chi connectivity index (χ1n) is 20.2. The van der Waals surface area contributed by atoms with E-state index in [0.717, 1.165) is 51.3 Å². The van der Waals surface area contributed by atoms with Crippen LogP contribution in [0.2, 0.25) is 0 Å². The SMILES string of the molecule is CC1(C)c2ccccc2-c2c1ccc1c3ccccc3n(-c3c(-c4ccccc4)cc(-c4nc(-c5ccccc5)nc(C5C=CC=CC5)n4)cc3-c3ccccc3)c21. The van der Waals surface area contributed by atoms with Gasteiger partial charge >= 0.3 is 0 Å². The third kappa shape index (κ3) is 5.40. The zero-order chi connectivity index (χ0) is 38.8. The van der Waals surface area contributed by atoms with Gasteiger partial charge < -0.3 is 4.57 Å². The van der Waals surface area contributed by atoms with Gasteiger partial charge in [0.2, 0.25) is 0 Å². The zero-order valence-corrected chi connectivity index (χ0v) is 32.5. The summed E-state index contributed by atoms with van der Waals surface area (Å²) >= 11 is 0. The normalized spacial score (nSPS) is 15.2. The molecule has 9 aromatic rings. The molecule has 0 saturated carbocycles. The van der Waals surface area contributed by atoms with E-state index < -0.39 is 0 Å². The lowest BCUT2D eigenvalue weighted by molar-refractivity contribution is 0.661. The number of para-hydroxylation sites is 1. The second kappa shape index (κ2) is 13.5. The summed E-state index contributed by atoms with van der Waals surface area (Å²) in [5.41, 5.74) is 15.0. The van der Waals surface area contributed by atoms with Gasteiger partial charge in [0.05, 0.1) is 16.7 Å². The number of rotatable bonds is 6. The van der Waals surface area contributed by atoms with Gasteiger partial charge in [-0.15, -0.1) is 0 Å². The maximum Gasteiger partial charge on any atom is 0.163 e. The summed E-state index contributed by atoms with van der Waals surface area (Å²) in [7, 11) is 0. The Bertz CT molecular complexity index is 3040. The maximum atomic E-state index is 5.29. The van der Waals surface area contributed by atoms with Gasteiger partial charge in [-0.2, -0.15) is 0 Å². The van der Waals surface area contributed by atoms with Crippen LogP contribution in [-0.2, 0) is 5.41 Å². The molecule has 4 heteroatoms. The maximum absolute atomic E-state index is 5.29. The second-order valence-corrected chi connectivity index (χ2v) is 15.9. The molecule has 7 aromatic carbocycles. The fourth-order valence-electron chi connectivity index (χ4n) is 9.33. The highest BCUT2D eigenvalue weighted by molar-refractivity contribution is 6.16. The van der Waals surface area contributed by atoms with Crippen molar-refractivity contribution < 1.29 is 0 Å². The summed E-state index contributed by atoms with van der Waals surface area (Å²) in [5.74, 6) is 2.17. The summed E-state index contributed by atoms with van der Waals surface area (Å²) in [4.78, 5) is 15.6. The summed E-state index contributed by atoms with van der Waals surface area (Å²) in [6.07, 6.45) is 9.42. The fourth-order valence-corrected chi connectivity index (χ4v) is 9.33. The lowest BCUT2D eigenvalue weighted by atomic mass is 9.82. The molecule has 58 heavy (non-hydrogen) atoms. The van der Waals surface area contributed by atoms with Gasteiger partial charge in [-0.25, -0.2) is 15.0 Å². The Balaban J connectivity index is 1.28. The van der Waals surface area contributed by atoms with Crippen LogP contribution < -0.4 is 0 Å². The molecule has 0 bridgehead atoms. The lowest BCUT2D eigenvalue weighted by Gasteiger charge is -2.23. The first-order chi connectivity index (χ1) is 28.5. The summed E-state index contributed by atoms with van der Waals surface area (Å²) in [6.45, 7) is 4.73. The Morgan fingerprint density at radius 1 is 0.517 bits per heavy atom. The van der Waals surface area contributed by atoms with E-state index in [2.05, 4.69) is 188 Å². The Hall–Kier alpha value is -7.17. The molecule has 4 nitrogen and oxygen atoms in total. The molecule has 2 heterocycles. The quantitative estimate of drug-likeness (QED) is 0.170. The van der Waals surface area contributed by atoms with E-state index >= 15 is 0 Å². The van der Waals surface area contributed by atoms with E-state index in [1.54, 1.807) is 0 Å². The van der Waals surface area contributed by atoms with E-state index in [0.29, 0.717) is 11.6 Å². The minimum Gasteiger partial charge on any atom is -0.307 e. The number of hydrogen-bond donors (Lipinski definition) is 0. The molecule has 2 aliphatic carbocycles. The van der Waals surface area contributed by atoms with Crippen molar-refractivity contribution in [3.8, 4) is 61.8 Å². The molecule has 0 radical (unpaired) electrons. The van der Waals surface area contributed by atoms with Gasteiger partial charge in [-0.05, 0) is 52.4 Å². The van der Waals surface area contributed by atoms with Gasteiger partial charge in [0.1, 0.15) is 5.82 Å². The molecule has 0 spiro atoms. The summed E-state index contributed by atoms with van der Waals surface area (Å²) < 4.78 is 2.56. The van der Waals surface area contributed by atoms with E-state index in [1.807, 2.05) is 18.2 Å². The Morgan fingerprint density at radius 3 is 1.79 bits per heavy atom. The molecule has 276 valence electrons. The standard InChI is InChI=1S/C54H40N4/c1-54(2)45-29-17-15-28-42(45)48-46(54)32-31-41-40-27-16-18-30-47(40)58(50(41)48)49-43(35-19-7-3-8-20-35)33-39(34-44(49)36-21-9-4-10-22-36)53-56-51(37-23-11-5-12-24-37)55-52(57-53)38-25-13-6-14-26-38/h3-25,27-34,38H,26H2,1-2H3. The number of allylic oxidation sites excluding steroid dienone is 4. The van der Waals surface area contributed by atoms with Crippen molar-refractivity contribution in [3.05, 3.63) is 205 Å². The van der Waals surface area contributed by atoms with Gasteiger partial charge in [-0.3, -0.25) is 0 Å². The van der Waals surface area contributed by atoms with Crippen molar-refractivity contribution in [1.82, 2.24) is 19.5 Å². The van der Waals surface area contributed by atoms with Crippen LogP contribution in [-0.4, -0.2) is 19.5 Å². The number of nitrogens with zero attached hydrogens (tertiary/aromatic N) is 4. The molecule has 2 aromatic heterocycles. The third-order valence-corrected chi connectivity index (χ3v) is 12.1. The van der Waals surface area contributed by atoms with E-state index in [9.17, 15) is 0 Å². The van der Waals surface area contributed by atoms with Crippen LogP contribution in [0.25, 0.3) is 83.6 Å². The summed E-state index contributed by atoms with van der Waals surface area (Å²) in [5, 5.41) is 2.47. The second-order valence-electron chi connectivity index (χ2n) is 15.9. The van der Waals surface area contributed by atoms with Gasteiger partial charge in [0.25, 0.3) is 0 Å². The Kier molecular flexibility index (Phi) is 7.94. The van der Waals surface area contributed by atoms with Crippen molar-refractivity contribution in [1.29, 1.82) is 0 Å². The molecule has 0 fully saturated rings. The molecule has 0 N–H and O–H groups in total. The predicted octanol–water partition coefficient (Wildman–Crippen LogP) is 13.5. The highest BCUT2D eigenvalue weighted by atomic mass is 15.0. The van der Waals surface area contributed by atoms with Crippen molar-refractivity contribution in [2.45, 2.75) is 31.6 Å². The minimum absolute atomic E-state index is 0.0579. The van der Waals surface area contributed by atoms with Crippen molar-refractivity contribution >= 4 is 21.8 Å². The molecular weight excluding hydrogens is 705 g/mol. The van der Waals surface area contributed by atoms with E-state index in [-0.39, 0.29) is 11.3 Å². The van der Waals surface area contributed by atoms with Crippen LogP contribution in [0.15, 0.2) is 188 Å². The lowest BCUT2D eigenvalue weighted by Crippen LogP contribution is -2.14. The van der Waals surface area contributed by atoms with Gasteiger partial charge in [0, 0.05) is 49.9 Å². The monoisotopic (exact) mass is 744 g/mol. The minimum atomic E-state index is -0.147. The topological polar surface area (TPSA) is 43.6 Å². The Morgan fingerprint density at radius 2 is 1.12 bits per heavy atom. The largest absolute Gasteiger partial charge is 0.307 e. The smallest absolute Gasteiger partial charge is 0.163 e. The molecule has 0 aliphatic heterocycles. The van der Waals surface area contributed by atoms with E-state index in [1.165, 1.54) is 44.1 Å². The van der Waals surface area contributed by atoms with Crippen LogP contribution in [0.5, 0.6) is 0 Å². The first-order valence-corrected chi connectivity index (χ1v) is 20.2. The number of aromatic nitrogens is 4. The number of benzene rings is 7. The molecule has 1 atom stereocenters. The van der Waals surface area contributed by atoms with Gasteiger partial charge in [-0.1, -0.05) is 184 Å². The van der Waals surface area contributed by atoms with Crippen molar-refractivity contribution in [2.75, 3.05) is 0 Å². The first kappa shape index (κ1) is 34.1. The Labute approximate surface area is 338 Å². The van der Waals surface area contributed by atoms with Crippen LogP contribution in [0.3, 0.4) is 0 Å². The molecule has 11 rings (SSSR count). The highest BCUT2D eigenvalue weighted by Crippen LogP contribution is 2.54. The average molecular weight is 745 g/mol. The van der Waals surface area contributed by atoms with Crippen LogP contribution in [0.4, 0.5) is 0 Å². The van der Waals surface area contributed by atoms with Crippen molar-refractivity contribution in [3.63, 3.8) is 0 Å². The molecule has 1 unspecified atom stereocenters. The molecule has 0 saturated heterocycles. The highest BCUT2D eigenvalue weighted by Gasteiger charge is 2.38. The predicted molar refractivity (Wildman–Crippen MR) is 239 cm³/mol. The summed E-state index contributed by atoms with van der Waals surface area (Å²) in [6, 6.07) is 59.1. The average Bonchev–Trinajstić information content (AvgIpc) is 3.75. The zero-order valence-electron chi connectivity index (χ0n) is 32.5. The fraction of sp³-hybridized carbons (Fsp3) is 0.0926. The van der Waals surface area contributed by atoms with E-state index in [4.69, 9.17) is 15.0 Å². The third-order valence-electron chi connectivity index (χ3n) is 12.1. The number of fused-ring (bicyclic) bond motifs is 7. The molecular formula is C54H40N4. The molecule has 0 amide bonds. The molecule has 2 aliphatic rings. The van der Waals surface area contributed by atoms with Crippen LogP contribution in [0.1, 0.15) is 43.1 Å². The van der Waals surface area contributed by atoms with Crippen molar-refractivity contribution in [2.24, 2.45) is 0 Å².